The maximum atomic E-state index is 12.1. The largest absolute Gasteiger partial charge is 0.345 e. The lowest BCUT2D eigenvalue weighted by atomic mass is 10.1. The van der Waals surface area contributed by atoms with Crippen LogP contribution in [0.15, 0.2) is 18.2 Å². The first kappa shape index (κ1) is 21.4. The van der Waals surface area contributed by atoms with Crippen LogP contribution in [0.25, 0.3) is 0 Å². The normalized spacial score (nSPS) is 9.91. The number of nitrogens with two attached hydrogens (primary N) is 1. The SMILES string of the molecule is Cc1ccc(NC(=O)CCCCCCN)cc1C(=O)N(C)C.Cl. The summed E-state index contributed by atoms with van der Waals surface area (Å²) >= 11 is 0. The fourth-order valence-corrected chi connectivity index (χ4v) is 2.18. The second-order valence-electron chi connectivity index (χ2n) is 5.73. The highest BCUT2D eigenvalue weighted by Crippen LogP contribution is 2.17. The van der Waals surface area contributed by atoms with Crippen LogP contribution in [-0.4, -0.2) is 37.4 Å². The van der Waals surface area contributed by atoms with Gasteiger partial charge in [0.25, 0.3) is 5.91 Å². The first-order valence-electron chi connectivity index (χ1n) is 7.78. The first-order chi connectivity index (χ1) is 10.5. The van der Waals surface area contributed by atoms with Gasteiger partial charge in [0.1, 0.15) is 0 Å². The summed E-state index contributed by atoms with van der Waals surface area (Å²) in [7, 11) is 3.43. The van der Waals surface area contributed by atoms with Crippen LogP contribution in [0.3, 0.4) is 0 Å². The number of carbonyl (C=O) groups excluding carboxylic acids is 2. The highest BCUT2D eigenvalue weighted by molar-refractivity contribution is 5.98. The Bertz CT molecular complexity index is 519. The lowest BCUT2D eigenvalue weighted by Gasteiger charge is -2.14. The van der Waals surface area contributed by atoms with Gasteiger partial charge in [-0.05, 0) is 44.0 Å². The summed E-state index contributed by atoms with van der Waals surface area (Å²) in [6.45, 7) is 2.60. The van der Waals surface area contributed by atoms with Gasteiger partial charge in [-0.1, -0.05) is 18.9 Å². The molecule has 0 fully saturated rings. The monoisotopic (exact) mass is 341 g/mol. The van der Waals surface area contributed by atoms with Gasteiger partial charge in [0, 0.05) is 31.8 Å². The Labute approximate surface area is 145 Å². The highest BCUT2D eigenvalue weighted by Gasteiger charge is 2.12. The number of benzene rings is 1. The molecule has 3 N–H and O–H groups in total. The van der Waals surface area contributed by atoms with E-state index in [9.17, 15) is 9.59 Å². The van der Waals surface area contributed by atoms with Crippen molar-refractivity contribution in [1.29, 1.82) is 0 Å². The molecule has 1 rings (SSSR count). The number of nitrogens with zero attached hydrogens (tertiary/aromatic N) is 1. The van der Waals surface area contributed by atoms with E-state index in [1.54, 1.807) is 20.2 Å². The molecule has 0 spiro atoms. The number of anilines is 1. The van der Waals surface area contributed by atoms with Gasteiger partial charge < -0.3 is 16.0 Å². The molecule has 0 saturated carbocycles. The fourth-order valence-electron chi connectivity index (χ4n) is 2.18. The molecule has 2 amide bonds. The number of rotatable bonds is 8. The topological polar surface area (TPSA) is 75.4 Å². The Morgan fingerprint density at radius 1 is 1.13 bits per heavy atom. The molecule has 5 nitrogen and oxygen atoms in total. The zero-order valence-electron chi connectivity index (χ0n) is 14.2. The molecule has 0 heterocycles. The summed E-state index contributed by atoms with van der Waals surface area (Å²) in [4.78, 5) is 25.5. The number of halogens is 1. The van der Waals surface area contributed by atoms with Crippen molar-refractivity contribution in [3.05, 3.63) is 29.3 Å². The van der Waals surface area contributed by atoms with Crippen molar-refractivity contribution >= 4 is 29.9 Å². The van der Waals surface area contributed by atoms with E-state index in [0.717, 1.165) is 31.2 Å². The molecule has 0 unspecified atom stereocenters. The molecule has 23 heavy (non-hydrogen) atoms. The van der Waals surface area contributed by atoms with Crippen LogP contribution < -0.4 is 11.1 Å². The molecule has 130 valence electrons. The number of amides is 2. The van der Waals surface area contributed by atoms with Gasteiger partial charge in [-0.25, -0.2) is 0 Å². The molecule has 0 bridgehead atoms. The molecule has 0 radical (unpaired) electrons. The van der Waals surface area contributed by atoms with Crippen LogP contribution in [0.2, 0.25) is 0 Å². The third-order valence-corrected chi connectivity index (χ3v) is 3.52. The van der Waals surface area contributed by atoms with E-state index in [0.29, 0.717) is 24.2 Å². The summed E-state index contributed by atoms with van der Waals surface area (Å²) in [5, 5.41) is 2.86. The van der Waals surface area contributed by atoms with Crippen molar-refractivity contribution in [1.82, 2.24) is 4.90 Å². The smallest absolute Gasteiger partial charge is 0.253 e. The fraction of sp³-hybridized carbons (Fsp3) is 0.529. The second kappa shape index (κ2) is 11.0. The van der Waals surface area contributed by atoms with Crippen LogP contribution in [0.5, 0.6) is 0 Å². The number of hydrogen-bond acceptors (Lipinski definition) is 3. The molecule has 6 heteroatoms. The van der Waals surface area contributed by atoms with E-state index < -0.39 is 0 Å². The second-order valence-corrected chi connectivity index (χ2v) is 5.73. The van der Waals surface area contributed by atoms with Gasteiger partial charge in [-0.3, -0.25) is 9.59 Å². The van der Waals surface area contributed by atoms with Crippen LogP contribution in [0.1, 0.15) is 48.0 Å². The molecule has 0 aliphatic rings. The standard InChI is InChI=1S/C17H27N3O2.ClH/c1-13-9-10-14(12-15(13)17(22)20(2)3)19-16(21)8-6-4-5-7-11-18;/h9-10,12H,4-8,11,18H2,1-3H3,(H,19,21);1H. The van der Waals surface area contributed by atoms with Crippen molar-refractivity contribution in [2.75, 3.05) is 26.0 Å². The van der Waals surface area contributed by atoms with Crippen LogP contribution in [0, 0.1) is 6.92 Å². The summed E-state index contributed by atoms with van der Waals surface area (Å²) in [6.07, 6.45) is 4.45. The minimum absolute atomic E-state index is 0. The summed E-state index contributed by atoms with van der Waals surface area (Å²) in [5.74, 6) is -0.0739. The quantitative estimate of drug-likeness (QED) is 0.714. The Kier molecular flexibility index (Phi) is 10.3. The number of aryl methyl sites for hydroxylation is 1. The minimum atomic E-state index is -0.0598. The third kappa shape index (κ3) is 7.48. The average Bonchev–Trinajstić information content (AvgIpc) is 2.48. The highest BCUT2D eigenvalue weighted by atomic mass is 35.5. The van der Waals surface area contributed by atoms with E-state index in [4.69, 9.17) is 5.73 Å². The zero-order chi connectivity index (χ0) is 16.5. The van der Waals surface area contributed by atoms with Gasteiger partial charge in [-0.15, -0.1) is 12.4 Å². The molecule has 1 aromatic carbocycles. The predicted molar refractivity (Wildman–Crippen MR) is 97.2 cm³/mol. The number of carbonyl (C=O) groups is 2. The number of unbranched alkanes of at least 4 members (excludes halogenated alkanes) is 3. The lowest BCUT2D eigenvalue weighted by molar-refractivity contribution is -0.116. The summed E-state index contributed by atoms with van der Waals surface area (Å²) < 4.78 is 0. The molecule has 0 atom stereocenters. The van der Waals surface area contributed by atoms with E-state index >= 15 is 0 Å². The number of hydrogen-bond donors (Lipinski definition) is 2. The van der Waals surface area contributed by atoms with Crippen molar-refractivity contribution in [2.24, 2.45) is 5.73 Å². The Balaban J connectivity index is 0.00000484. The first-order valence-corrected chi connectivity index (χ1v) is 7.78. The van der Waals surface area contributed by atoms with Crippen molar-refractivity contribution < 1.29 is 9.59 Å². The maximum absolute atomic E-state index is 12.1. The summed E-state index contributed by atoms with van der Waals surface area (Å²) in [5.41, 5.74) is 7.62. The predicted octanol–water partition coefficient (Wildman–Crippen LogP) is 2.97. The molecular formula is C17H28ClN3O2. The van der Waals surface area contributed by atoms with Gasteiger partial charge in [0.15, 0.2) is 0 Å². The van der Waals surface area contributed by atoms with Gasteiger partial charge in [0.2, 0.25) is 5.91 Å². The summed E-state index contributed by atoms with van der Waals surface area (Å²) in [6, 6.07) is 5.42. The van der Waals surface area contributed by atoms with Gasteiger partial charge in [-0.2, -0.15) is 0 Å². The Hall–Kier alpha value is -1.59. The molecule has 0 aromatic heterocycles. The minimum Gasteiger partial charge on any atom is -0.345 e. The zero-order valence-corrected chi connectivity index (χ0v) is 15.0. The van der Waals surface area contributed by atoms with E-state index in [2.05, 4.69) is 5.32 Å². The van der Waals surface area contributed by atoms with Crippen molar-refractivity contribution in [3.8, 4) is 0 Å². The van der Waals surface area contributed by atoms with Crippen molar-refractivity contribution in [3.63, 3.8) is 0 Å². The van der Waals surface area contributed by atoms with Gasteiger partial charge in [0.05, 0.1) is 0 Å². The van der Waals surface area contributed by atoms with E-state index in [1.807, 2.05) is 19.1 Å². The van der Waals surface area contributed by atoms with E-state index in [1.165, 1.54) is 4.90 Å². The third-order valence-electron chi connectivity index (χ3n) is 3.52. The average molecular weight is 342 g/mol. The molecule has 0 aliphatic carbocycles. The lowest BCUT2D eigenvalue weighted by Crippen LogP contribution is -2.23. The maximum Gasteiger partial charge on any atom is 0.253 e. The Morgan fingerprint density at radius 2 is 1.78 bits per heavy atom. The molecular weight excluding hydrogens is 314 g/mol. The van der Waals surface area contributed by atoms with Crippen LogP contribution >= 0.6 is 12.4 Å². The molecule has 0 aliphatic heterocycles. The number of nitrogens with one attached hydrogen (secondary N) is 1. The van der Waals surface area contributed by atoms with Crippen LogP contribution in [0.4, 0.5) is 5.69 Å². The molecule has 1 aromatic rings. The van der Waals surface area contributed by atoms with Crippen molar-refractivity contribution in [2.45, 2.75) is 39.0 Å². The van der Waals surface area contributed by atoms with E-state index in [-0.39, 0.29) is 24.2 Å². The molecule has 0 saturated heterocycles. The van der Waals surface area contributed by atoms with Crippen LogP contribution in [-0.2, 0) is 4.79 Å². The van der Waals surface area contributed by atoms with Gasteiger partial charge >= 0.3 is 0 Å². The Morgan fingerprint density at radius 3 is 2.39 bits per heavy atom.